The molecule has 31 heavy (non-hydrogen) atoms. The molecule has 0 unspecified atom stereocenters. The largest absolute Gasteiger partial charge is 0.323 e. The highest BCUT2D eigenvalue weighted by Crippen LogP contribution is 2.39. The lowest BCUT2D eigenvalue weighted by molar-refractivity contribution is 0.164. The predicted octanol–water partition coefficient (Wildman–Crippen LogP) is 4.14. The standard InChI is InChI=1S/C23H24N6OS/c1-15-11-19(12-16(2)25-15)21-20(18-6-4-5-17(13-18)14-24)26-22(31-21)27-23(30)29-9-7-28(3)8-10-29/h4-6,11-13H,7-10H2,1-3H3,(H,26,27,30). The Labute approximate surface area is 186 Å². The summed E-state index contributed by atoms with van der Waals surface area (Å²) in [4.78, 5) is 27.0. The highest BCUT2D eigenvalue weighted by molar-refractivity contribution is 7.19. The van der Waals surface area contributed by atoms with Gasteiger partial charge in [0.2, 0.25) is 0 Å². The van der Waals surface area contributed by atoms with Crippen molar-refractivity contribution < 1.29 is 4.79 Å². The summed E-state index contributed by atoms with van der Waals surface area (Å²) in [5.74, 6) is 0. The van der Waals surface area contributed by atoms with Crippen molar-refractivity contribution in [2.45, 2.75) is 13.8 Å². The van der Waals surface area contributed by atoms with Gasteiger partial charge in [-0.1, -0.05) is 23.5 Å². The van der Waals surface area contributed by atoms with E-state index in [2.05, 4.69) is 28.3 Å². The van der Waals surface area contributed by atoms with E-state index in [4.69, 9.17) is 4.98 Å². The first-order chi connectivity index (χ1) is 14.9. The van der Waals surface area contributed by atoms with Gasteiger partial charge in [0.25, 0.3) is 0 Å². The van der Waals surface area contributed by atoms with Crippen molar-refractivity contribution in [2.75, 3.05) is 38.5 Å². The van der Waals surface area contributed by atoms with Crippen LogP contribution in [-0.4, -0.2) is 59.0 Å². The number of nitriles is 1. The number of thiazole rings is 1. The SMILES string of the molecule is Cc1cc(-c2sc(NC(=O)N3CCN(C)CC3)nc2-c2cccc(C#N)c2)cc(C)n1. The number of pyridine rings is 1. The molecule has 1 saturated heterocycles. The summed E-state index contributed by atoms with van der Waals surface area (Å²) in [6.07, 6.45) is 0. The molecule has 0 atom stereocenters. The van der Waals surface area contributed by atoms with E-state index in [9.17, 15) is 10.1 Å². The molecule has 1 fully saturated rings. The lowest BCUT2D eigenvalue weighted by atomic mass is 10.0. The summed E-state index contributed by atoms with van der Waals surface area (Å²) in [5.41, 5.74) is 5.01. The molecule has 4 rings (SSSR count). The molecule has 0 saturated carbocycles. The number of urea groups is 1. The quantitative estimate of drug-likeness (QED) is 0.672. The van der Waals surface area contributed by atoms with E-state index in [-0.39, 0.29) is 6.03 Å². The Hall–Kier alpha value is -3.28. The fourth-order valence-electron chi connectivity index (χ4n) is 3.65. The highest BCUT2D eigenvalue weighted by Gasteiger charge is 2.22. The Morgan fingerprint density at radius 3 is 2.45 bits per heavy atom. The van der Waals surface area contributed by atoms with E-state index in [0.717, 1.165) is 46.2 Å². The predicted molar refractivity (Wildman–Crippen MR) is 123 cm³/mol. The number of rotatable bonds is 3. The van der Waals surface area contributed by atoms with Crippen LogP contribution in [0.5, 0.6) is 0 Å². The third kappa shape index (κ3) is 4.74. The van der Waals surface area contributed by atoms with Gasteiger partial charge >= 0.3 is 6.03 Å². The first-order valence-electron chi connectivity index (χ1n) is 10.1. The molecule has 1 aliphatic rings. The lowest BCUT2D eigenvalue weighted by Gasteiger charge is -2.32. The number of carbonyl (C=O) groups excluding carboxylic acids is 1. The number of anilines is 1. The number of likely N-dealkylation sites (N-methyl/N-ethyl adjacent to an activating group) is 1. The van der Waals surface area contributed by atoms with Crippen LogP contribution < -0.4 is 5.32 Å². The number of amides is 2. The van der Waals surface area contributed by atoms with E-state index in [1.165, 1.54) is 11.3 Å². The van der Waals surface area contributed by atoms with Crippen LogP contribution in [0, 0.1) is 25.2 Å². The van der Waals surface area contributed by atoms with Gasteiger partial charge in [-0.25, -0.2) is 9.78 Å². The van der Waals surface area contributed by atoms with Crippen LogP contribution in [0.15, 0.2) is 36.4 Å². The van der Waals surface area contributed by atoms with Crippen molar-refractivity contribution in [1.29, 1.82) is 5.26 Å². The summed E-state index contributed by atoms with van der Waals surface area (Å²) >= 11 is 1.44. The molecular weight excluding hydrogens is 408 g/mol. The van der Waals surface area contributed by atoms with E-state index in [0.29, 0.717) is 23.8 Å². The smallest absolute Gasteiger partial charge is 0.322 e. The second-order valence-corrected chi connectivity index (χ2v) is 8.75. The van der Waals surface area contributed by atoms with Gasteiger partial charge in [0.05, 0.1) is 22.2 Å². The van der Waals surface area contributed by atoms with Gasteiger partial charge in [0.15, 0.2) is 5.13 Å². The number of benzene rings is 1. The zero-order chi connectivity index (χ0) is 22.0. The Balaban J connectivity index is 1.71. The maximum absolute atomic E-state index is 12.8. The Morgan fingerprint density at radius 2 is 1.77 bits per heavy atom. The average molecular weight is 433 g/mol. The molecule has 0 bridgehead atoms. The highest BCUT2D eigenvalue weighted by atomic mass is 32.1. The molecule has 0 radical (unpaired) electrons. The molecule has 2 amide bonds. The maximum Gasteiger partial charge on any atom is 0.323 e. The zero-order valence-electron chi connectivity index (χ0n) is 17.8. The molecule has 1 N–H and O–H groups in total. The van der Waals surface area contributed by atoms with Crippen molar-refractivity contribution in [3.8, 4) is 27.8 Å². The molecular formula is C23H24N6OS. The number of nitrogens with one attached hydrogen (secondary N) is 1. The minimum atomic E-state index is -0.132. The summed E-state index contributed by atoms with van der Waals surface area (Å²) in [6, 6.07) is 13.5. The number of hydrogen-bond donors (Lipinski definition) is 1. The van der Waals surface area contributed by atoms with Gasteiger partial charge in [-0.05, 0) is 50.7 Å². The molecule has 8 heteroatoms. The molecule has 3 aromatic rings. The molecule has 0 spiro atoms. The third-order valence-electron chi connectivity index (χ3n) is 5.24. The van der Waals surface area contributed by atoms with E-state index in [1.807, 2.05) is 49.1 Å². The molecule has 1 aromatic carbocycles. The van der Waals surface area contributed by atoms with Crippen LogP contribution in [0.25, 0.3) is 21.7 Å². The van der Waals surface area contributed by atoms with Crippen molar-refractivity contribution >= 4 is 22.5 Å². The first-order valence-corrected chi connectivity index (χ1v) is 11.0. The van der Waals surface area contributed by atoms with Crippen molar-refractivity contribution in [1.82, 2.24) is 19.8 Å². The van der Waals surface area contributed by atoms with Crippen LogP contribution in [0.3, 0.4) is 0 Å². The number of aromatic nitrogens is 2. The van der Waals surface area contributed by atoms with Crippen molar-refractivity contribution in [3.05, 3.63) is 53.3 Å². The van der Waals surface area contributed by atoms with Gasteiger partial charge < -0.3 is 9.80 Å². The topological polar surface area (TPSA) is 85.2 Å². The number of carbonyl (C=O) groups is 1. The summed E-state index contributed by atoms with van der Waals surface area (Å²) < 4.78 is 0. The normalized spacial score (nSPS) is 14.3. The van der Waals surface area contributed by atoms with Gasteiger partial charge in [-0.3, -0.25) is 10.3 Å². The second-order valence-electron chi connectivity index (χ2n) is 7.75. The van der Waals surface area contributed by atoms with Gasteiger partial charge in [0.1, 0.15) is 0 Å². The molecule has 2 aromatic heterocycles. The fourth-order valence-corrected chi connectivity index (χ4v) is 4.61. The van der Waals surface area contributed by atoms with Crippen molar-refractivity contribution in [2.24, 2.45) is 0 Å². The summed E-state index contributed by atoms with van der Waals surface area (Å²) in [7, 11) is 2.06. The zero-order valence-corrected chi connectivity index (χ0v) is 18.7. The van der Waals surface area contributed by atoms with Crippen LogP contribution >= 0.6 is 11.3 Å². The van der Waals surface area contributed by atoms with E-state index in [1.54, 1.807) is 6.07 Å². The molecule has 1 aliphatic heterocycles. The number of hydrogen-bond acceptors (Lipinski definition) is 6. The minimum Gasteiger partial charge on any atom is -0.322 e. The van der Waals surface area contributed by atoms with E-state index >= 15 is 0 Å². The van der Waals surface area contributed by atoms with Crippen molar-refractivity contribution in [3.63, 3.8) is 0 Å². The molecule has 7 nitrogen and oxygen atoms in total. The minimum absolute atomic E-state index is 0.132. The van der Waals surface area contributed by atoms with Gasteiger partial charge in [-0.15, -0.1) is 0 Å². The summed E-state index contributed by atoms with van der Waals surface area (Å²) in [6.45, 7) is 7.03. The second kappa shape index (κ2) is 8.84. The third-order valence-corrected chi connectivity index (χ3v) is 6.26. The summed E-state index contributed by atoms with van der Waals surface area (Å²) in [5, 5.41) is 12.8. The maximum atomic E-state index is 12.8. The van der Waals surface area contributed by atoms with Crippen LogP contribution in [0.1, 0.15) is 17.0 Å². The number of nitrogens with zero attached hydrogens (tertiary/aromatic N) is 5. The Bertz CT molecular complexity index is 1140. The van der Waals surface area contributed by atoms with Crippen LogP contribution in [0.4, 0.5) is 9.93 Å². The van der Waals surface area contributed by atoms with Gasteiger partial charge in [0, 0.05) is 43.1 Å². The van der Waals surface area contributed by atoms with Crippen LogP contribution in [-0.2, 0) is 0 Å². The number of piperazine rings is 1. The molecule has 0 aliphatic carbocycles. The Morgan fingerprint density at radius 1 is 1.06 bits per heavy atom. The number of aryl methyl sites for hydroxylation is 2. The molecule has 158 valence electrons. The average Bonchev–Trinajstić information content (AvgIpc) is 3.17. The van der Waals surface area contributed by atoms with Gasteiger partial charge in [-0.2, -0.15) is 5.26 Å². The monoisotopic (exact) mass is 432 g/mol. The lowest BCUT2D eigenvalue weighted by Crippen LogP contribution is -2.48. The van der Waals surface area contributed by atoms with Crippen LogP contribution in [0.2, 0.25) is 0 Å². The van der Waals surface area contributed by atoms with E-state index < -0.39 is 0 Å². The fraction of sp³-hybridized carbons (Fsp3) is 0.304. The Kier molecular flexibility index (Phi) is 5.98. The first kappa shape index (κ1) is 21.0. The molecule has 3 heterocycles.